The molecule has 0 unspecified atom stereocenters. The van der Waals surface area contributed by atoms with Gasteiger partial charge in [-0.3, -0.25) is 0 Å². The molecule has 0 atom stereocenters. The van der Waals surface area contributed by atoms with Crippen molar-refractivity contribution in [3.8, 4) is 0 Å². The molecule has 168 valence electrons. The Morgan fingerprint density at radius 1 is 0.743 bits per heavy atom. The molecule has 2 aliphatic rings. The van der Waals surface area contributed by atoms with Crippen molar-refractivity contribution >= 4 is 96.1 Å². The average Bonchev–Trinajstić information content (AvgIpc) is 3.54. The van der Waals surface area contributed by atoms with Crippen LogP contribution in [0.1, 0.15) is 29.6 Å². The zero-order valence-corrected chi connectivity index (χ0v) is 23.7. The first-order chi connectivity index (χ1) is 17.1. The molecule has 0 saturated heterocycles. The van der Waals surface area contributed by atoms with Gasteiger partial charge in [-0.15, -0.1) is 0 Å². The SMILES string of the molecule is Cc1cc2cc3c(cc2[se]1)C(=O)/C(=C/c1ccc(N2c4ccccc4[Se]c4ccccc42)[se]1)C3=O. The molecule has 0 radical (unpaired) electrons. The topological polar surface area (TPSA) is 37.4 Å². The Morgan fingerprint density at radius 3 is 2.11 bits per heavy atom. The predicted molar refractivity (Wildman–Crippen MR) is 145 cm³/mol. The number of anilines is 3. The third-order valence-electron chi connectivity index (χ3n) is 6.31. The number of aryl methyl sites for hydroxylation is 1. The van der Waals surface area contributed by atoms with Gasteiger partial charge in [-0.25, -0.2) is 0 Å². The van der Waals surface area contributed by atoms with Crippen molar-refractivity contribution in [2.24, 2.45) is 0 Å². The number of allylic oxidation sites excluding steroid dienone is 1. The van der Waals surface area contributed by atoms with Gasteiger partial charge in [0.1, 0.15) is 0 Å². The van der Waals surface area contributed by atoms with Crippen molar-refractivity contribution in [3.63, 3.8) is 0 Å². The molecule has 0 amide bonds. The first-order valence-electron chi connectivity index (χ1n) is 11.2. The van der Waals surface area contributed by atoms with Crippen molar-refractivity contribution in [2.75, 3.05) is 4.90 Å². The Hall–Kier alpha value is -2.68. The van der Waals surface area contributed by atoms with E-state index in [0.717, 1.165) is 9.82 Å². The van der Waals surface area contributed by atoms with E-state index in [1.54, 1.807) is 0 Å². The molecule has 0 spiro atoms. The summed E-state index contributed by atoms with van der Waals surface area (Å²) in [5.74, 6) is -0.269. The second-order valence-corrected chi connectivity index (χ2v) is 15.8. The van der Waals surface area contributed by atoms with Gasteiger partial charge >= 0.3 is 222 Å². The van der Waals surface area contributed by atoms with Crippen LogP contribution in [0.4, 0.5) is 15.9 Å². The summed E-state index contributed by atoms with van der Waals surface area (Å²) in [6, 6.07) is 27.5. The second-order valence-electron chi connectivity index (χ2n) is 8.56. The normalized spacial score (nSPS) is 15.6. The van der Waals surface area contributed by atoms with Crippen LogP contribution in [0.15, 0.2) is 84.4 Å². The van der Waals surface area contributed by atoms with E-state index >= 15 is 0 Å². The summed E-state index contributed by atoms with van der Waals surface area (Å²) in [6.45, 7) is 2.11. The van der Waals surface area contributed by atoms with Gasteiger partial charge in [0.2, 0.25) is 0 Å². The molecule has 3 heterocycles. The fraction of sp³-hybridized carbons (Fsp3) is 0.0345. The van der Waals surface area contributed by atoms with Crippen molar-refractivity contribution in [1.82, 2.24) is 0 Å². The molecule has 0 bridgehead atoms. The predicted octanol–water partition coefficient (Wildman–Crippen LogP) is 4.16. The first-order valence-corrected chi connectivity index (χ1v) is 16.3. The summed E-state index contributed by atoms with van der Waals surface area (Å²) in [6.07, 6.45) is 1.84. The Balaban J connectivity index is 1.29. The van der Waals surface area contributed by atoms with Crippen LogP contribution in [0.25, 0.3) is 15.7 Å². The van der Waals surface area contributed by atoms with Crippen molar-refractivity contribution < 1.29 is 9.59 Å². The number of ketones is 2. The summed E-state index contributed by atoms with van der Waals surface area (Å²) in [7, 11) is 0. The molecule has 35 heavy (non-hydrogen) atoms. The molecular weight excluding hydrogens is 631 g/mol. The Kier molecular flexibility index (Phi) is 5.05. The van der Waals surface area contributed by atoms with Crippen LogP contribution < -0.4 is 13.8 Å². The van der Waals surface area contributed by atoms with Gasteiger partial charge in [-0.2, -0.15) is 0 Å². The number of fused-ring (bicyclic) bond motifs is 4. The molecule has 6 heteroatoms. The van der Waals surface area contributed by atoms with E-state index < -0.39 is 0 Å². The minimum absolute atomic E-state index is 0.0163. The summed E-state index contributed by atoms with van der Waals surface area (Å²) < 4.78 is 7.54. The minimum atomic E-state index is -0.139. The monoisotopic (exact) mass is 651 g/mol. The number of carbonyl (C=O) groups is 2. The second kappa shape index (κ2) is 8.18. The van der Waals surface area contributed by atoms with Crippen molar-refractivity contribution in [1.29, 1.82) is 0 Å². The van der Waals surface area contributed by atoms with Crippen LogP contribution in [0.5, 0.6) is 0 Å². The first kappa shape index (κ1) is 21.6. The quantitative estimate of drug-likeness (QED) is 0.161. The number of benzene rings is 3. The molecule has 5 aromatic rings. The van der Waals surface area contributed by atoms with Gasteiger partial charge in [0.05, 0.1) is 0 Å². The van der Waals surface area contributed by atoms with E-state index in [2.05, 4.69) is 78.6 Å². The Labute approximate surface area is 220 Å². The molecule has 0 fully saturated rings. The van der Waals surface area contributed by atoms with Crippen LogP contribution in [0, 0.1) is 6.92 Å². The van der Waals surface area contributed by atoms with Gasteiger partial charge in [-0.1, -0.05) is 0 Å². The third kappa shape index (κ3) is 3.45. The van der Waals surface area contributed by atoms with E-state index in [1.807, 2.05) is 18.2 Å². The Morgan fingerprint density at radius 2 is 1.40 bits per heavy atom. The van der Waals surface area contributed by atoms with Crippen LogP contribution in [-0.4, -0.2) is 55.5 Å². The van der Waals surface area contributed by atoms with Gasteiger partial charge in [-0.05, 0) is 0 Å². The molecular formula is C29H17NO2Se3. The maximum atomic E-state index is 13.2. The third-order valence-corrected chi connectivity index (χ3v) is 12.9. The number of hydrogen-bond donors (Lipinski definition) is 0. The average molecular weight is 648 g/mol. The van der Waals surface area contributed by atoms with Crippen molar-refractivity contribution in [2.45, 2.75) is 6.92 Å². The maximum absolute atomic E-state index is 13.2. The molecule has 3 nitrogen and oxygen atoms in total. The van der Waals surface area contributed by atoms with Gasteiger partial charge in [0, 0.05) is 0 Å². The molecule has 1 aliphatic heterocycles. The summed E-state index contributed by atoms with van der Waals surface area (Å²) >= 11 is 0.508. The fourth-order valence-electron chi connectivity index (χ4n) is 4.74. The summed E-state index contributed by atoms with van der Waals surface area (Å²) in [5.41, 5.74) is 3.92. The number of carbonyl (C=O) groups excluding carboxylic acids is 2. The molecule has 1 aliphatic carbocycles. The van der Waals surface area contributed by atoms with E-state index in [1.165, 1.54) is 33.6 Å². The van der Waals surface area contributed by atoms with Gasteiger partial charge in [0.25, 0.3) is 0 Å². The number of hydrogen-bond acceptors (Lipinski definition) is 3. The molecule has 3 aromatic carbocycles. The van der Waals surface area contributed by atoms with Crippen LogP contribution in [-0.2, 0) is 0 Å². The number of rotatable bonds is 2. The molecule has 7 rings (SSSR count). The fourth-order valence-corrected chi connectivity index (χ4v) is 11.0. The number of para-hydroxylation sites is 2. The Bertz CT molecular complexity index is 1640. The van der Waals surface area contributed by atoms with Crippen LogP contribution in [0.2, 0.25) is 0 Å². The molecule has 0 N–H and O–H groups in total. The summed E-state index contributed by atoms with van der Waals surface area (Å²) in [5, 5.41) is 1.10. The zero-order valence-electron chi connectivity index (χ0n) is 18.6. The van der Waals surface area contributed by atoms with E-state index in [-0.39, 0.29) is 55.5 Å². The van der Waals surface area contributed by atoms with Crippen LogP contribution in [0.3, 0.4) is 0 Å². The summed E-state index contributed by atoms with van der Waals surface area (Å²) in [4.78, 5) is 28.8. The van der Waals surface area contributed by atoms with E-state index in [0.29, 0.717) is 16.7 Å². The van der Waals surface area contributed by atoms with Crippen LogP contribution >= 0.6 is 0 Å². The van der Waals surface area contributed by atoms with Crippen molar-refractivity contribution in [3.05, 3.63) is 104 Å². The molecule has 2 aromatic heterocycles. The van der Waals surface area contributed by atoms with Gasteiger partial charge < -0.3 is 0 Å². The standard InChI is InChI=1S/C29H17NO2Se3/c1-16-12-17-13-19-20(15-26(17)33-16)29(32)21(28(19)31)14-18-10-11-27(34-18)30-22-6-2-4-8-24(22)35-25-9-5-3-7-23(25)30/h2-15H,1H3/b21-14+. The molecule has 0 saturated carbocycles. The van der Waals surface area contributed by atoms with E-state index in [9.17, 15) is 9.59 Å². The zero-order chi connectivity index (χ0) is 23.7. The van der Waals surface area contributed by atoms with Gasteiger partial charge in [0.15, 0.2) is 0 Å². The van der Waals surface area contributed by atoms with E-state index in [4.69, 9.17) is 0 Å². The number of Topliss-reactive ketones (excluding diaryl/α,β-unsaturated/α-hetero) is 2. The number of nitrogens with zero attached hydrogens (tertiary/aromatic N) is 1.